The number of anilines is 1. The van der Waals surface area contributed by atoms with E-state index in [2.05, 4.69) is 5.32 Å². The van der Waals surface area contributed by atoms with Crippen LogP contribution in [0.4, 0.5) is 17.1 Å². The third-order valence-corrected chi connectivity index (χ3v) is 2.94. The molecule has 0 saturated carbocycles. The molecule has 8 nitrogen and oxygen atoms in total. The summed E-state index contributed by atoms with van der Waals surface area (Å²) in [6.07, 6.45) is 0. The van der Waals surface area contributed by atoms with Gasteiger partial charge in [0, 0.05) is 23.8 Å². The lowest BCUT2D eigenvalue weighted by Gasteiger charge is -2.06. The van der Waals surface area contributed by atoms with Crippen molar-refractivity contribution in [2.24, 2.45) is 0 Å². The quantitative estimate of drug-likeness (QED) is 0.498. The van der Waals surface area contributed by atoms with E-state index in [1.54, 1.807) is 6.07 Å². The number of nitrogens with zero attached hydrogens (tertiary/aromatic N) is 2. The van der Waals surface area contributed by atoms with E-state index < -0.39 is 9.85 Å². The second kappa shape index (κ2) is 6.44. The highest BCUT2D eigenvalue weighted by Crippen LogP contribution is 2.23. The van der Waals surface area contributed by atoms with Gasteiger partial charge >= 0.3 is 0 Å². The maximum atomic E-state index is 12.0. The number of ketones is 1. The molecule has 0 heterocycles. The first-order chi connectivity index (χ1) is 10.5. The van der Waals surface area contributed by atoms with Crippen molar-refractivity contribution in [1.29, 1.82) is 0 Å². The Morgan fingerprint density at radius 3 is 2.18 bits per heavy atom. The first-order valence-electron chi connectivity index (χ1n) is 6.24. The molecule has 22 heavy (non-hydrogen) atoms. The number of hydrogen-bond donors (Lipinski definition) is 1. The largest absolute Gasteiger partial charge is 0.372 e. The van der Waals surface area contributed by atoms with Crippen LogP contribution in [0.15, 0.2) is 48.5 Å². The molecule has 0 aromatic heterocycles. The molecule has 8 heteroatoms. The van der Waals surface area contributed by atoms with Crippen LogP contribution >= 0.6 is 0 Å². The van der Waals surface area contributed by atoms with Crippen molar-refractivity contribution < 1.29 is 14.6 Å². The molecule has 2 aromatic rings. The lowest BCUT2D eigenvalue weighted by Crippen LogP contribution is -2.14. The zero-order chi connectivity index (χ0) is 16.1. The third kappa shape index (κ3) is 3.42. The molecule has 0 spiro atoms. The fraction of sp³-hybridized carbons (Fsp3) is 0.0714. The number of non-ortho nitro benzene ring substituents is 1. The molecule has 0 atom stereocenters. The zero-order valence-corrected chi connectivity index (χ0v) is 11.3. The van der Waals surface area contributed by atoms with Gasteiger partial charge in [-0.25, -0.2) is 0 Å². The number of carbonyl (C=O) groups is 1. The summed E-state index contributed by atoms with van der Waals surface area (Å²) in [5.74, 6) is -0.326. The van der Waals surface area contributed by atoms with E-state index in [4.69, 9.17) is 0 Å². The summed E-state index contributed by atoms with van der Waals surface area (Å²) in [5.41, 5.74) is 0.293. The normalized spacial score (nSPS) is 10.0. The van der Waals surface area contributed by atoms with E-state index >= 15 is 0 Å². The smallest absolute Gasteiger partial charge is 0.292 e. The van der Waals surface area contributed by atoms with Crippen molar-refractivity contribution in [3.05, 3.63) is 74.3 Å². The molecule has 112 valence electrons. The number of para-hydroxylation sites is 2. The predicted octanol–water partition coefficient (Wildman–Crippen LogP) is 2.80. The van der Waals surface area contributed by atoms with Gasteiger partial charge in [-0.2, -0.15) is 0 Å². The van der Waals surface area contributed by atoms with Crippen molar-refractivity contribution in [2.45, 2.75) is 0 Å². The fourth-order valence-corrected chi connectivity index (χ4v) is 1.83. The highest BCUT2D eigenvalue weighted by atomic mass is 16.6. The lowest BCUT2D eigenvalue weighted by molar-refractivity contribution is -0.384. The van der Waals surface area contributed by atoms with Crippen LogP contribution in [0, 0.1) is 20.2 Å². The van der Waals surface area contributed by atoms with Crippen LogP contribution in [0.5, 0.6) is 0 Å². The number of carbonyl (C=O) groups excluding carboxylic acids is 1. The summed E-state index contributed by atoms with van der Waals surface area (Å²) in [6, 6.07) is 11.1. The first-order valence-corrected chi connectivity index (χ1v) is 6.24. The van der Waals surface area contributed by atoms with Crippen LogP contribution in [-0.2, 0) is 0 Å². The minimum absolute atomic E-state index is 0.108. The monoisotopic (exact) mass is 301 g/mol. The maximum absolute atomic E-state index is 12.0. The summed E-state index contributed by atoms with van der Waals surface area (Å²) in [4.78, 5) is 32.3. The maximum Gasteiger partial charge on any atom is 0.292 e. The minimum atomic E-state index is -0.556. The Hall–Kier alpha value is -3.29. The van der Waals surface area contributed by atoms with Gasteiger partial charge < -0.3 is 5.32 Å². The van der Waals surface area contributed by atoms with Gasteiger partial charge in [-0.1, -0.05) is 12.1 Å². The van der Waals surface area contributed by atoms with Crippen LogP contribution in [0.1, 0.15) is 10.4 Å². The van der Waals surface area contributed by atoms with E-state index in [0.29, 0.717) is 0 Å². The van der Waals surface area contributed by atoms with Gasteiger partial charge in [0.2, 0.25) is 0 Å². The Balaban J connectivity index is 2.07. The SMILES string of the molecule is O=C(CNc1ccccc1[N+](=O)[O-])c1ccc([N+](=O)[O-])cc1. The average molecular weight is 301 g/mol. The number of rotatable bonds is 6. The average Bonchev–Trinajstić information content (AvgIpc) is 2.52. The first kappa shape index (κ1) is 15.1. The molecule has 0 radical (unpaired) electrons. The summed E-state index contributed by atoms with van der Waals surface area (Å²) in [5, 5.41) is 24.1. The molecule has 0 aliphatic rings. The summed E-state index contributed by atoms with van der Waals surface area (Å²) >= 11 is 0. The molecule has 1 N–H and O–H groups in total. The molecule has 0 unspecified atom stereocenters. The van der Waals surface area contributed by atoms with Crippen molar-refractivity contribution >= 4 is 22.8 Å². The van der Waals surface area contributed by atoms with Crippen LogP contribution in [0.25, 0.3) is 0 Å². The molecule has 0 amide bonds. The number of nitro benzene ring substituents is 2. The Morgan fingerprint density at radius 2 is 1.59 bits per heavy atom. The number of Topliss-reactive ketones (excluding diaryl/α,β-unsaturated/α-hetero) is 1. The van der Waals surface area contributed by atoms with Crippen LogP contribution < -0.4 is 5.32 Å². The van der Waals surface area contributed by atoms with Crippen molar-refractivity contribution in [1.82, 2.24) is 0 Å². The summed E-state index contributed by atoms with van der Waals surface area (Å²) in [6.45, 7) is -0.150. The standard InChI is InChI=1S/C14H11N3O5/c18-14(10-5-7-11(8-6-10)16(19)20)9-15-12-3-1-2-4-13(12)17(21)22/h1-8,15H,9H2. The van der Waals surface area contributed by atoms with Crippen LogP contribution in [0.3, 0.4) is 0 Å². The van der Waals surface area contributed by atoms with Gasteiger partial charge in [-0.15, -0.1) is 0 Å². The Morgan fingerprint density at radius 1 is 0.955 bits per heavy atom. The van der Waals surface area contributed by atoms with Gasteiger partial charge in [-0.3, -0.25) is 25.0 Å². The van der Waals surface area contributed by atoms with Gasteiger partial charge in [0.25, 0.3) is 11.4 Å². The van der Waals surface area contributed by atoms with E-state index in [9.17, 15) is 25.0 Å². The van der Waals surface area contributed by atoms with Crippen molar-refractivity contribution in [2.75, 3.05) is 11.9 Å². The van der Waals surface area contributed by atoms with Crippen molar-refractivity contribution in [3.63, 3.8) is 0 Å². The highest BCUT2D eigenvalue weighted by molar-refractivity contribution is 5.99. The highest BCUT2D eigenvalue weighted by Gasteiger charge is 2.14. The number of hydrogen-bond acceptors (Lipinski definition) is 6. The molecule has 0 aliphatic carbocycles. The molecule has 2 aromatic carbocycles. The van der Waals surface area contributed by atoms with E-state index in [-0.39, 0.29) is 35.0 Å². The van der Waals surface area contributed by atoms with E-state index in [0.717, 1.165) is 0 Å². The second-order valence-electron chi connectivity index (χ2n) is 4.35. The molecular formula is C14H11N3O5. The Bertz CT molecular complexity index is 728. The van der Waals surface area contributed by atoms with Crippen molar-refractivity contribution in [3.8, 4) is 0 Å². The fourth-order valence-electron chi connectivity index (χ4n) is 1.83. The Kier molecular flexibility index (Phi) is 4.42. The minimum Gasteiger partial charge on any atom is -0.372 e. The predicted molar refractivity (Wildman–Crippen MR) is 79.0 cm³/mol. The van der Waals surface area contributed by atoms with Gasteiger partial charge in [-0.05, 0) is 18.2 Å². The van der Waals surface area contributed by atoms with E-state index in [1.807, 2.05) is 0 Å². The molecule has 0 fully saturated rings. The van der Waals surface area contributed by atoms with Gasteiger partial charge in [0.15, 0.2) is 5.78 Å². The number of benzene rings is 2. The van der Waals surface area contributed by atoms with Gasteiger partial charge in [0.05, 0.1) is 16.4 Å². The number of nitrogens with one attached hydrogen (secondary N) is 1. The molecular weight excluding hydrogens is 290 g/mol. The molecule has 0 saturated heterocycles. The van der Waals surface area contributed by atoms with Crippen LogP contribution in [0.2, 0.25) is 0 Å². The molecule has 2 rings (SSSR count). The lowest BCUT2D eigenvalue weighted by atomic mass is 10.1. The Labute approximate surface area is 124 Å². The molecule has 0 bridgehead atoms. The topological polar surface area (TPSA) is 115 Å². The second-order valence-corrected chi connectivity index (χ2v) is 4.35. The van der Waals surface area contributed by atoms with Crippen LogP contribution in [-0.4, -0.2) is 22.2 Å². The summed E-state index contributed by atoms with van der Waals surface area (Å²) in [7, 11) is 0. The molecule has 0 aliphatic heterocycles. The number of nitro groups is 2. The van der Waals surface area contributed by atoms with Gasteiger partial charge in [0.1, 0.15) is 5.69 Å². The zero-order valence-electron chi connectivity index (χ0n) is 11.3. The van der Waals surface area contributed by atoms with E-state index in [1.165, 1.54) is 42.5 Å². The third-order valence-electron chi connectivity index (χ3n) is 2.94. The summed E-state index contributed by atoms with van der Waals surface area (Å²) < 4.78 is 0.